The first kappa shape index (κ1) is 18.5. The van der Waals surface area contributed by atoms with E-state index in [4.69, 9.17) is 4.42 Å². The van der Waals surface area contributed by atoms with E-state index < -0.39 is 0 Å². The number of aryl methyl sites for hydroxylation is 2. The van der Waals surface area contributed by atoms with Gasteiger partial charge in [0.15, 0.2) is 11.2 Å². The molecule has 3 heterocycles. The van der Waals surface area contributed by atoms with Crippen molar-refractivity contribution in [2.24, 2.45) is 5.92 Å². The summed E-state index contributed by atoms with van der Waals surface area (Å²) in [6.07, 6.45) is 6.53. The molecule has 6 nitrogen and oxygen atoms in total. The zero-order valence-electron chi connectivity index (χ0n) is 16.4. The maximum Gasteiger partial charge on any atom is 0.289 e. The lowest BCUT2D eigenvalue weighted by molar-refractivity contribution is 0.0651. The van der Waals surface area contributed by atoms with Gasteiger partial charge in [-0.1, -0.05) is 13.0 Å². The van der Waals surface area contributed by atoms with Crippen molar-refractivity contribution in [2.75, 3.05) is 13.1 Å². The minimum atomic E-state index is -0.198. The van der Waals surface area contributed by atoms with E-state index in [1.165, 1.54) is 6.07 Å². The number of carbonyl (C=O) groups excluding carboxylic acids is 1. The number of hydrogen-bond donors (Lipinski definition) is 0. The van der Waals surface area contributed by atoms with Crippen LogP contribution in [0.15, 0.2) is 45.9 Å². The predicted octanol–water partition coefficient (Wildman–Crippen LogP) is 3.41. The van der Waals surface area contributed by atoms with Crippen LogP contribution in [0.2, 0.25) is 0 Å². The smallest absolute Gasteiger partial charge is 0.289 e. The van der Waals surface area contributed by atoms with Gasteiger partial charge >= 0.3 is 0 Å². The molecule has 1 saturated heterocycles. The van der Waals surface area contributed by atoms with Crippen LogP contribution in [-0.4, -0.2) is 33.4 Å². The molecule has 0 unspecified atom stereocenters. The van der Waals surface area contributed by atoms with Gasteiger partial charge in [0.25, 0.3) is 5.91 Å². The fourth-order valence-electron chi connectivity index (χ4n) is 3.88. The van der Waals surface area contributed by atoms with E-state index in [0.717, 1.165) is 37.2 Å². The maximum atomic E-state index is 12.9. The first-order chi connectivity index (χ1) is 13.5. The van der Waals surface area contributed by atoms with Gasteiger partial charge in [-0.3, -0.25) is 9.59 Å². The molecule has 1 aliphatic rings. The highest BCUT2D eigenvalue weighted by atomic mass is 16.3. The quantitative estimate of drug-likeness (QED) is 0.697. The van der Waals surface area contributed by atoms with Crippen molar-refractivity contribution in [3.63, 3.8) is 0 Å². The van der Waals surface area contributed by atoms with Crippen LogP contribution in [0.25, 0.3) is 11.0 Å². The Morgan fingerprint density at radius 3 is 2.71 bits per heavy atom. The summed E-state index contributed by atoms with van der Waals surface area (Å²) in [4.78, 5) is 31.4. The molecule has 146 valence electrons. The lowest BCUT2D eigenvalue weighted by Crippen LogP contribution is -2.39. The number of hydrogen-bond acceptors (Lipinski definition) is 4. The molecule has 0 radical (unpaired) electrons. The molecule has 0 spiro atoms. The number of carbonyl (C=O) groups is 1. The lowest BCUT2D eigenvalue weighted by Gasteiger charge is -2.32. The maximum absolute atomic E-state index is 12.9. The zero-order valence-corrected chi connectivity index (χ0v) is 16.4. The summed E-state index contributed by atoms with van der Waals surface area (Å²) in [6.45, 7) is 6.32. The Morgan fingerprint density at radius 1 is 1.25 bits per heavy atom. The monoisotopic (exact) mass is 379 g/mol. The van der Waals surface area contributed by atoms with Crippen LogP contribution in [0, 0.1) is 12.8 Å². The normalized spacial score (nSPS) is 15.3. The van der Waals surface area contributed by atoms with E-state index in [-0.39, 0.29) is 17.1 Å². The van der Waals surface area contributed by atoms with Gasteiger partial charge < -0.3 is 13.9 Å². The van der Waals surface area contributed by atoms with Crippen LogP contribution in [0.3, 0.4) is 0 Å². The molecule has 0 aliphatic carbocycles. The van der Waals surface area contributed by atoms with Gasteiger partial charge in [0.2, 0.25) is 0 Å². The van der Waals surface area contributed by atoms with Crippen LogP contribution < -0.4 is 5.43 Å². The topological polar surface area (TPSA) is 68.3 Å². The summed E-state index contributed by atoms with van der Waals surface area (Å²) in [6, 6.07) is 6.90. The SMILES string of the molecule is CCc1ccc2oc(C(=O)N3CCC(Cn4ccnc4C)CC3)cc(=O)c2c1. The van der Waals surface area contributed by atoms with E-state index >= 15 is 0 Å². The average molecular weight is 379 g/mol. The number of amides is 1. The van der Waals surface area contributed by atoms with Crippen molar-refractivity contribution in [2.45, 2.75) is 39.7 Å². The summed E-state index contributed by atoms with van der Waals surface area (Å²) in [5, 5.41) is 0.533. The number of fused-ring (bicyclic) bond motifs is 1. The van der Waals surface area contributed by atoms with E-state index in [0.29, 0.717) is 30.0 Å². The Labute approximate surface area is 163 Å². The molecule has 0 N–H and O–H groups in total. The van der Waals surface area contributed by atoms with Crippen LogP contribution in [0.4, 0.5) is 0 Å². The van der Waals surface area contributed by atoms with E-state index in [1.54, 1.807) is 11.0 Å². The number of aromatic nitrogens is 2. The second-order valence-electron chi connectivity index (χ2n) is 7.52. The highest BCUT2D eigenvalue weighted by Crippen LogP contribution is 2.22. The number of nitrogens with zero attached hydrogens (tertiary/aromatic N) is 3. The lowest BCUT2D eigenvalue weighted by atomic mass is 9.96. The van der Waals surface area contributed by atoms with Crippen molar-refractivity contribution in [1.29, 1.82) is 0 Å². The van der Waals surface area contributed by atoms with Crippen LogP contribution in [0.5, 0.6) is 0 Å². The number of likely N-dealkylation sites (tertiary alicyclic amines) is 1. The molecule has 4 rings (SSSR count). The Bertz CT molecular complexity index is 1060. The molecule has 1 aromatic carbocycles. The molecule has 1 amide bonds. The first-order valence-electron chi connectivity index (χ1n) is 9.89. The average Bonchev–Trinajstić information content (AvgIpc) is 3.12. The third-order valence-electron chi connectivity index (χ3n) is 5.69. The standard InChI is InChI=1S/C22H25N3O3/c1-3-16-4-5-20-18(12-16)19(26)13-21(28-20)22(27)24-9-6-17(7-10-24)14-25-11-8-23-15(25)2/h4-5,8,11-13,17H,3,6-7,9-10,14H2,1-2H3. The molecular weight excluding hydrogens is 354 g/mol. The van der Waals surface area contributed by atoms with Crippen LogP contribution in [-0.2, 0) is 13.0 Å². The Balaban J connectivity index is 1.46. The number of imidazole rings is 1. The Morgan fingerprint density at radius 2 is 2.04 bits per heavy atom. The third kappa shape index (κ3) is 3.59. The summed E-state index contributed by atoms with van der Waals surface area (Å²) in [7, 11) is 0. The molecule has 2 aromatic heterocycles. The molecule has 1 fully saturated rings. The highest BCUT2D eigenvalue weighted by Gasteiger charge is 2.26. The molecular formula is C22H25N3O3. The van der Waals surface area contributed by atoms with Gasteiger partial charge in [0, 0.05) is 38.1 Å². The van der Waals surface area contributed by atoms with Gasteiger partial charge in [-0.05, 0) is 49.8 Å². The molecule has 0 bridgehead atoms. The Hall–Kier alpha value is -2.89. The van der Waals surface area contributed by atoms with E-state index in [9.17, 15) is 9.59 Å². The van der Waals surface area contributed by atoms with Crippen LogP contribution >= 0.6 is 0 Å². The van der Waals surface area contributed by atoms with Gasteiger partial charge in [0.05, 0.1) is 5.39 Å². The predicted molar refractivity (Wildman–Crippen MR) is 107 cm³/mol. The molecule has 28 heavy (non-hydrogen) atoms. The van der Waals surface area contributed by atoms with Crippen molar-refractivity contribution in [3.05, 3.63) is 64.0 Å². The third-order valence-corrected chi connectivity index (χ3v) is 5.69. The summed E-state index contributed by atoms with van der Waals surface area (Å²) in [5.41, 5.74) is 1.39. The molecule has 0 atom stereocenters. The summed E-state index contributed by atoms with van der Waals surface area (Å²) < 4.78 is 7.94. The minimum Gasteiger partial charge on any atom is -0.451 e. The number of rotatable bonds is 4. The van der Waals surface area contributed by atoms with E-state index in [1.807, 2.05) is 38.4 Å². The molecule has 0 saturated carbocycles. The largest absolute Gasteiger partial charge is 0.451 e. The van der Waals surface area contributed by atoms with Crippen molar-refractivity contribution in [1.82, 2.24) is 14.5 Å². The highest BCUT2D eigenvalue weighted by molar-refractivity contribution is 5.93. The van der Waals surface area contributed by atoms with Crippen molar-refractivity contribution < 1.29 is 9.21 Å². The van der Waals surface area contributed by atoms with Gasteiger partial charge in [0.1, 0.15) is 11.4 Å². The number of benzene rings is 1. The molecule has 3 aromatic rings. The van der Waals surface area contributed by atoms with Gasteiger partial charge in [-0.15, -0.1) is 0 Å². The fraction of sp³-hybridized carbons (Fsp3) is 0.409. The zero-order chi connectivity index (χ0) is 19.7. The first-order valence-corrected chi connectivity index (χ1v) is 9.89. The minimum absolute atomic E-state index is 0.130. The number of piperidine rings is 1. The van der Waals surface area contributed by atoms with Crippen LogP contribution in [0.1, 0.15) is 41.7 Å². The van der Waals surface area contributed by atoms with E-state index in [2.05, 4.69) is 9.55 Å². The van der Waals surface area contributed by atoms with Crippen molar-refractivity contribution in [3.8, 4) is 0 Å². The van der Waals surface area contributed by atoms with Gasteiger partial charge in [-0.25, -0.2) is 4.98 Å². The fourth-order valence-corrected chi connectivity index (χ4v) is 3.88. The second-order valence-corrected chi connectivity index (χ2v) is 7.52. The molecule has 6 heteroatoms. The Kier molecular flexibility index (Phi) is 5.03. The van der Waals surface area contributed by atoms with Crippen molar-refractivity contribution >= 4 is 16.9 Å². The summed E-state index contributed by atoms with van der Waals surface area (Å²) in [5.74, 6) is 1.47. The second kappa shape index (κ2) is 7.62. The summed E-state index contributed by atoms with van der Waals surface area (Å²) >= 11 is 0. The van der Waals surface area contributed by atoms with Gasteiger partial charge in [-0.2, -0.15) is 0 Å². The molecule has 1 aliphatic heterocycles.